The number of benzene rings is 1. The molecule has 1 aromatic carbocycles. The second kappa shape index (κ2) is 8.25. The normalized spacial score (nSPS) is 13.9. The quantitative estimate of drug-likeness (QED) is 0.794. The minimum atomic E-state index is -1.08. The number of hydrogen-bond acceptors (Lipinski definition) is 3. The lowest BCUT2D eigenvalue weighted by atomic mass is 10.0. The molecule has 0 radical (unpaired) electrons. The smallest absolute Gasteiger partial charge is 0.407 e. The van der Waals surface area contributed by atoms with Crippen molar-refractivity contribution in [2.45, 2.75) is 30.3 Å². The van der Waals surface area contributed by atoms with E-state index in [1.54, 1.807) is 6.92 Å². The maximum Gasteiger partial charge on any atom is 0.407 e. The monoisotopic (exact) mass is 305 g/mol. The van der Waals surface area contributed by atoms with Crippen LogP contribution in [0.25, 0.3) is 0 Å². The predicted molar refractivity (Wildman–Crippen MR) is 75.6 cm³/mol. The average molecular weight is 306 g/mol. The van der Waals surface area contributed by atoms with Gasteiger partial charge in [-0.15, -0.1) is 23.2 Å². The number of carbonyl (C=O) groups is 1. The second-order valence-electron chi connectivity index (χ2n) is 3.99. The summed E-state index contributed by atoms with van der Waals surface area (Å²) in [6.45, 7) is 1.96. The maximum absolute atomic E-state index is 11.4. The van der Waals surface area contributed by atoms with Gasteiger partial charge in [-0.25, -0.2) is 4.79 Å². The van der Waals surface area contributed by atoms with Gasteiger partial charge in [0.1, 0.15) is 10.9 Å². The molecule has 0 bridgehead atoms. The fourth-order valence-electron chi connectivity index (χ4n) is 1.62. The molecule has 4 nitrogen and oxygen atoms in total. The summed E-state index contributed by atoms with van der Waals surface area (Å²) < 4.78 is 4.79. The molecule has 1 amide bonds. The lowest BCUT2D eigenvalue weighted by Crippen LogP contribution is -2.47. The third kappa shape index (κ3) is 5.68. The van der Waals surface area contributed by atoms with Gasteiger partial charge in [0.2, 0.25) is 0 Å². The summed E-state index contributed by atoms with van der Waals surface area (Å²) in [5.74, 6) is 0. The Balaban J connectivity index is 2.72. The van der Waals surface area contributed by atoms with Crippen LogP contribution in [0.2, 0.25) is 0 Å². The van der Waals surface area contributed by atoms with E-state index in [0.717, 1.165) is 5.56 Å². The average Bonchev–Trinajstić information content (AvgIpc) is 2.38. The molecule has 1 unspecified atom stereocenters. The molecule has 0 heterocycles. The van der Waals surface area contributed by atoms with Crippen molar-refractivity contribution in [1.82, 2.24) is 5.32 Å². The van der Waals surface area contributed by atoms with Crippen molar-refractivity contribution < 1.29 is 14.6 Å². The summed E-state index contributed by atoms with van der Waals surface area (Å²) in [6.07, 6.45) is -1.26. The van der Waals surface area contributed by atoms with Gasteiger partial charge in [-0.2, -0.15) is 0 Å². The minimum Gasteiger partial charge on any atom is -0.450 e. The van der Waals surface area contributed by atoms with Gasteiger partial charge in [-0.3, -0.25) is 0 Å². The van der Waals surface area contributed by atoms with Crippen LogP contribution in [-0.2, 0) is 11.2 Å². The van der Waals surface area contributed by atoms with Crippen molar-refractivity contribution in [3.05, 3.63) is 35.9 Å². The van der Waals surface area contributed by atoms with E-state index in [2.05, 4.69) is 5.32 Å². The summed E-state index contributed by atoms with van der Waals surface area (Å²) in [7, 11) is 0. The Morgan fingerprint density at radius 2 is 2.00 bits per heavy atom. The molecular formula is C13H17Cl2NO3. The zero-order chi connectivity index (χ0) is 14.3. The van der Waals surface area contributed by atoms with Crippen LogP contribution < -0.4 is 5.32 Å². The predicted octanol–water partition coefficient (Wildman–Crippen LogP) is 2.51. The lowest BCUT2D eigenvalue weighted by molar-refractivity contribution is 0.113. The minimum absolute atomic E-state index is 0.255. The molecule has 19 heavy (non-hydrogen) atoms. The first-order valence-corrected chi connectivity index (χ1v) is 6.85. The van der Waals surface area contributed by atoms with Crippen LogP contribution in [0.3, 0.4) is 0 Å². The summed E-state index contributed by atoms with van der Waals surface area (Å²) in [4.78, 5) is 10.4. The van der Waals surface area contributed by atoms with E-state index in [4.69, 9.17) is 27.9 Å². The van der Waals surface area contributed by atoms with Crippen molar-refractivity contribution in [1.29, 1.82) is 0 Å². The summed E-state index contributed by atoms with van der Waals surface area (Å²) in [5, 5.41) is 12.5. The largest absolute Gasteiger partial charge is 0.450 e. The van der Waals surface area contributed by atoms with Crippen LogP contribution in [0.1, 0.15) is 12.5 Å². The summed E-state index contributed by atoms with van der Waals surface area (Å²) >= 11 is 11.3. The molecule has 6 heteroatoms. The molecule has 106 valence electrons. The molecule has 0 aliphatic rings. The van der Waals surface area contributed by atoms with Crippen LogP contribution in [-0.4, -0.2) is 34.8 Å². The Labute approximate surface area is 122 Å². The Morgan fingerprint density at radius 1 is 1.37 bits per heavy atom. The number of alkyl carbamates (subject to hydrolysis) is 1. The van der Waals surface area contributed by atoms with Gasteiger partial charge >= 0.3 is 6.09 Å². The highest BCUT2D eigenvalue weighted by molar-refractivity contribution is 6.44. The molecular weight excluding hydrogens is 289 g/mol. The number of ether oxygens (including phenoxy) is 1. The highest BCUT2D eigenvalue weighted by Crippen LogP contribution is 2.15. The van der Waals surface area contributed by atoms with Gasteiger partial charge in [0.05, 0.1) is 12.6 Å². The van der Waals surface area contributed by atoms with Crippen LogP contribution in [0.15, 0.2) is 30.3 Å². The standard InChI is InChI=1S/C13H17Cl2NO3/c1-2-19-13(18)16-10(11(17)12(14)15)8-9-6-4-3-5-7-9/h3-7,10-12,17H,2,8H2,1H3,(H,16,18)/t10-,11?/m0/s1. The third-order valence-corrected chi connectivity index (χ3v) is 3.06. The number of hydrogen-bond donors (Lipinski definition) is 2. The Hall–Kier alpha value is -0.970. The maximum atomic E-state index is 11.4. The van der Waals surface area contributed by atoms with Gasteiger partial charge in [-0.1, -0.05) is 30.3 Å². The number of alkyl halides is 2. The molecule has 2 atom stereocenters. The van der Waals surface area contributed by atoms with Gasteiger partial charge in [0.25, 0.3) is 0 Å². The molecule has 0 saturated heterocycles. The molecule has 1 rings (SSSR count). The number of nitrogens with one attached hydrogen (secondary N) is 1. The fraction of sp³-hybridized carbons (Fsp3) is 0.462. The highest BCUT2D eigenvalue weighted by atomic mass is 35.5. The third-order valence-electron chi connectivity index (χ3n) is 2.55. The molecule has 0 saturated carbocycles. The summed E-state index contributed by atoms with van der Waals surface area (Å²) in [5.41, 5.74) is 0.956. The van der Waals surface area contributed by atoms with Crippen molar-refractivity contribution in [3.8, 4) is 0 Å². The van der Waals surface area contributed by atoms with E-state index in [1.807, 2.05) is 30.3 Å². The van der Waals surface area contributed by atoms with Crippen LogP contribution in [0.5, 0.6) is 0 Å². The van der Waals surface area contributed by atoms with E-state index in [9.17, 15) is 9.90 Å². The number of halogens is 2. The molecule has 2 N–H and O–H groups in total. The van der Waals surface area contributed by atoms with Crippen molar-refractivity contribution in [2.24, 2.45) is 0 Å². The van der Waals surface area contributed by atoms with Crippen molar-refractivity contribution >= 4 is 29.3 Å². The first-order chi connectivity index (χ1) is 9.04. The molecule has 0 aliphatic carbocycles. The van der Waals surface area contributed by atoms with Crippen molar-refractivity contribution in [2.75, 3.05) is 6.61 Å². The Kier molecular flexibility index (Phi) is 6.99. The first kappa shape index (κ1) is 16.1. The molecule has 1 aromatic rings. The van der Waals surface area contributed by atoms with Crippen LogP contribution >= 0.6 is 23.2 Å². The van der Waals surface area contributed by atoms with E-state index < -0.39 is 23.1 Å². The van der Waals surface area contributed by atoms with Gasteiger partial charge < -0.3 is 15.2 Å². The number of carbonyl (C=O) groups excluding carboxylic acids is 1. The zero-order valence-electron chi connectivity index (χ0n) is 10.6. The number of aliphatic hydroxyl groups excluding tert-OH is 1. The zero-order valence-corrected chi connectivity index (χ0v) is 12.1. The summed E-state index contributed by atoms with van der Waals surface area (Å²) in [6, 6.07) is 8.82. The Bertz CT molecular complexity index is 387. The van der Waals surface area contributed by atoms with E-state index in [0.29, 0.717) is 6.42 Å². The molecule has 0 aromatic heterocycles. The second-order valence-corrected chi connectivity index (χ2v) is 5.15. The van der Waals surface area contributed by atoms with Crippen molar-refractivity contribution in [3.63, 3.8) is 0 Å². The van der Waals surface area contributed by atoms with E-state index in [-0.39, 0.29) is 6.61 Å². The van der Waals surface area contributed by atoms with Crippen LogP contribution in [0, 0.1) is 0 Å². The van der Waals surface area contributed by atoms with E-state index >= 15 is 0 Å². The Morgan fingerprint density at radius 3 is 2.53 bits per heavy atom. The van der Waals surface area contributed by atoms with Gasteiger partial charge in [-0.05, 0) is 18.9 Å². The number of amides is 1. The van der Waals surface area contributed by atoms with Crippen LogP contribution in [0.4, 0.5) is 4.79 Å². The SMILES string of the molecule is CCOC(=O)N[C@@H](Cc1ccccc1)C(O)C(Cl)Cl. The number of rotatable bonds is 6. The fourth-order valence-corrected chi connectivity index (χ4v) is 1.98. The number of aliphatic hydroxyl groups is 1. The highest BCUT2D eigenvalue weighted by Gasteiger charge is 2.27. The topological polar surface area (TPSA) is 58.6 Å². The van der Waals surface area contributed by atoms with E-state index in [1.165, 1.54) is 0 Å². The molecule has 0 fully saturated rings. The first-order valence-electron chi connectivity index (χ1n) is 5.98. The molecule has 0 spiro atoms. The lowest BCUT2D eigenvalue weighted by Gasteiger charge is -2.24. The molecule has 0 aliphatic heterocycles. The van der Waals surface area contributed by atoms with Gasteiger partial charge in [0, 0.05) is 0 Å². The van der Waals surface area contributed by atoms with Gasteiger partial charge in [0.15, 0.2) is 0 Å².